The molecule has 1 unspecified atom stereocenters. The Morgan fingerprint density at radius 3 is 2.88 bits per heavy atom. The van der Waals surface area contributed by atoms with Crippen LogP contribution < -0.4 is 5.73 Å². The second kappa shape index (κ2) is 4.63. The summed E-state index contributed by atoms with van der Waals surface area (Å²) in [6.07, 6.45) is -0.507. The van der Waals surface area contributed by atoms with E-state index in [9.17, 15) is 9.59 Å². The van der Waals surface area contributed by atoms with Crippen LogP contribution in [0.15, 0.2) is 18.2 Å². The van der Waals surface area contributed by atoms with Gasteiger partial charge < -0.3 is 15.2 Å². The van der Waals surface area contributed by atoms with Crippen LogP contribution in [-0.4, -0.2) is 24.6 Å². The molecule has 0 aliphatic carbocycles. The van der Waals surface area contributed by atoms with Gasteiger partial charge in [0.2, 0.25) is 6.10 Å². The van der Waals surface area contributed by atoms with E-state index in [1.807, 2.05) is 0 Å². The Labute approximate surface area is 102 Å². The van der Waals surface area contributed by atoms with E-state index in [0.29, 0.717) is 6.42 Å². The normalized spacial score (nSPS) is 18.9. The minimum Gasteiger partial charge on any atom is -0.463 e. The van der Waals surface area contributed by atoms with Gasteiger partial charge in [-0.2, -0.15) is 0 Å². The summed E-state index contributed by atoms with van der Waals surface area (Å²) in [6.45, 7) is 0.259. The molecule has 6 heteroatoms. The Bertz CT molecular complexity index is 454. The fourth-order valence-corrected chi connectivity index (χ4v) is 1.79. The molecule has 17 heavy (non-hydrogen) atoms. The van der Waals surface area contributed by atoms with E-state index in [-0.39, 0.29) is 22.9 Å². The number of esters is 2. The van der Waals surface area contributed by atoms with Crippen molar-refractivity contribution < 1.29 is 19.1 Å². The van der Waals surface area contributed by atoms with Gasteiger partial charge >= 0.3 is 11.9 Å². The lowest BCUT2D eigenvalue weighted by molar-refractivity contribution is -0.145. The van der Waals surface area contributed by atoms with E-state index < -0.39 is 18.0 Å². The summed E-state index contributed by atoms with van der Waals surface area (Å²) in [5, 5.41) is 0.196. The standard InChI is InChI=1S/C11H10ClNO4/c12-6-2-1-3-7(13)9(6)11(15)17-8-4-5-16-10(8)14/h1-3,8H,4-5,13H2. The molecule has 5 nitrogen and oxygen atoms in total. The summed E-state index contributed by atoms with van der Waals surface area (Å²) in [5.74, 6) is -1.25. The Kier molecular flexibility index (Phi) is 3.19. The molecule has 1 heterocycles. The highest BCUT2D eigenvalue weighted by Crippen LogP contribution is 2.24. The number of nitrogens with two attached hydrogens (primary N) is 1. The van der Waals surface area contributed by atoms with E-state index >= 15 is 0 Å². The summed E-state index contributed by atoms with van der Waals surface area (Å²) in [5.41, 5.74) is 5.92. The van der Waals surface area contributed by atoms with Crippen molar-refractivity contribution in [3.63, 3.8) is 0 Å². The molecular weight excluding hydrogens is 246 g/mol. The molecule has 90 valence electrons. The van der Waals surface area contributed by atoms with Gasteiger partial charge in [0, 0.05) is 12.1 Å². The molecule has 2 rings (SSSR count). The van der Waals surface area contributed by atoms with Crippen LogP contribution in [0.4, 0.5) is 5.69 Å². The molecule has 1 atom stereocenters. The van der Waals surface area contributed by atoms with Crippen molar-refractivity contribution >= 4 is 29.2 Å². The maximum absolute atomic E-state index is 11.8. The molecule has 1 saturated heterocycles. The van der Waals surface area contributed by atoms with Crippen LogP contribution in [0.25, 0.3) is 0 Å². The van der Waals surface area contributed by atoms with Crippen molar-refractivity contribution in [3.8, 4) is 0 Å². The number of benzene rings is 1. The minimum absolute atomic E-state index is 0.0777. The van der Waals surface area contributed by atoms with Crippen molar-refractivity contribution in [2.24, 2.45) is 0 Å². The number of nitrogen functional groups attached to an aromatic ring is 1. The monoisotopic (exact) mass is 255 g/mol. The molecule has 0 amide bonds. The maximum atomic E-state index is 11.8. The summed E-state index contributed by atoms with van der Waals surface area (Å²) in [4.78, 5) is 22.9. The highest BCUT2D eigenvalue weighted by molar-refractivity contribution is 6.34. The van der Waals surface area contributed by atoms with Gasteiger partial charge in [0.25, 0.3) is 0 Å². The molecule has 1 aliphatic rings. The number of ether oxygens (including phenoxy) is 2. The average Bonchev–Trinajstić information content (AvgIpc) is 2.64. The molecule has 1 fully saturated rings. The quantitative estimate of drug-likeness (QED) is 0.638. The Balaban J connectivity index is 2.17. The third kappa shape index (κ3) is 2.34. The van der Waals surface area contributed by atoms with E-state index in [4.69, 9.17) is 22.1 Å². The number of halogens is 1. The molecule has 1 aromatic rings. The molecule has 0 aromatic heterocycles. The summed E-state index contributed by atoms with van der Waals surface area (Å²) >= 11 is 5.85. The number of rotatable bonds is 2. The molecule has 0 radical (unpaired) electrons. The number of carbonyl (C=O) groups excluding carboxylic acids is 2. The number of hydrogen-bond donors (Lipinski definition) is 1. The maximum Gasteiger partial charge on any atom is 0.347 e. The lowest BCUT2D eigenvalue weighted by Gasteiger charge is -2.10. The molecule has 2 N–H and O–H groups in total. The predicted octanol–water partition coefficient (Wildman–Crippen LogP) is 1.39. The first-order valence-corrected chi connectivity index (χ1v) is 5.39. The van der Waals surface area contributed by atoms with Crippen molar-refractivity contribution in [2.75, 3.05) is 12.3 Å². The first-order valence-electron chi connectivity index (χ1n) is 5.01. The topological polar surface area (TPSA) is 78.6 Å². The van der Waals surface area contributed by atoms with Crippen molar-refractivity contribution in [1.82, 2.24) is 0 Å². The molecular formula is C11H10ClNO4. The summed E-state index contributed by atoms with van der Waals surface area (Å²) < 4.78 is 9.68. The van der Waals surface area contributed by atoms with E-state index in [1.54, 1.807) is 6.07 Å². The van der Waals surface area contributed by atoms with Gasteiger partial charge in [0.05, 0.1) is 11.6 Å². The first kappa shape index (κ1) is 11.7. The lowest BCUT2D eigenvalue weighted by Crippen LogP contribution is -2.23. The second-order valence-electron chi connectivity index (χ2n) is 3.55. The SMILES string of the molecule is Nc1cccc(Cl)c1C(=O)OC1CCOC1=O. The summed E-state index contributed by atoms with van der Waals surface area (Å²) in [7, 11) is 0. The van der Waals surface area contributed by atoms with Crippen LogP contribution in [0.2, 0.25) is 5.02 Å². The molecule has 1 aliphatic heterocycles. The average molecular weight is 256 g/mol. The predicted molar refractivity (Wildman–Crippen MR) is 60.6 cm³/mol. The zero-order chi connectivity index (χ0) is 12.4. The van der Waals surface area contributed by atoms with Crippen molar-refractivity contribution in [1.29, 1.82) is 0 Å². The molecule has 0 spiro atoms. The van der Waals surface area contributed by atoms with Gasteiger partial charge in [0.1, 0.15) is 5.56 Å². The largest absolute Gasteiger partial charge is 0.463 e. The van der Waals surface area contributed by atoms with Gasteiger partial charge in [0.15, 0.2) is 0 Å². The number of carbonyl (C=O) groups is 2. The summed E-state index contributed by atoms with van der Waals surface area (Å²) in [6, 6.07) is 4.69. The highest BCUT2D eigenvalue weighted by Gasteiger charge is 2.31. The van der Waals surface area contributed by atoms with Crippen molar-refractivity contribution in [3.05, 3.63) is 28.8 Å². The third-order valence-electron chi connectivity index (χ3n) is 2.39. The van der Waals surface area contributed by atoms with Crippen LogP contribution in [0.1, 0.15) is 16.8 Å². The van der Waals surface area contributed by atoms with Gasteiger partial charge in [-0.25, -0.2) is 9.59 Å². The van der Waals surface area contributed by atoms with Crippen LogP contribution in [0.5, 0.6) is 0 Å². The minimum atomic E-state index is -0.863. The number of hydrogen-bond acceptors (Lipinski definition) is 5. The number of cyclic esters (lactones) is 1. The van der Waals surface area contributed by atoms with Crippen LogP contribution in [0.3, 0.4) is 0 Å². The van der Waals surface area contributed by atoms with E-state index in [0.717, 1.165) is 0 Å². The van der Waals surface area contributed by atoms with Crippen LogP contribution in [-0.2, 0) is 14.3 Å². The third-order valence-corrected chi connectivity index (χ3v) is 2.70. The Morgan fingerprint density at radius 2 is 2.29 bits per heavy atom. The smallest absolute Gasteiger partial charge is 0.347 e. The van der Waals surface area contributed by atoms with Crippen LogP contribution in [0, 0.1) is 0 Å². The zero-order valence-corrected chi connectivity index (χ0v) is 9.57. The van der Waals surface area contributed by atoms with E-state index in [2.05, 4.69) is 4.74 Å². The molecule has 1 aromatic carbocycles. The lowest BCUT2D eigenvalue weighted by atomic mass is 10.2. The van der Waals surface area contributed by atoms with Gasteiger partial charge in [-0.15, -0.1) is 0 Å². The highest BCUT2D eigenvalue weighted by atomic mass is 35.5. The Morgan fingerprint density at radius 1 is 1.53 bits per heavy atom. The fourth-order valence-electron chi connectivity index (χ4n) is 1.53. The molecule has 0 saturated carbocycles. The number of anilines is 1. The first-order chi connectivity index (χ1) is 8.09. The fraction of sp³-hybridized carbons (Fsp3) is 0.273. The zero-order valence-electron chi connectivity index (χ0n) is 8.81. The second-order valence-corrected chi connectivity index (χ2v) is 3.96. The van der Waals surface area contributed by atoms with Gasteiger partial charge in [-0.3, -0.25) is 0 Å². The Hall–Kier alpha value is -1.75. The van der Waals surface area contributed by atoms with Gasteiger partial charge in [-0.05, 0) is 12.1 Å². The van der Waals surface area contributed by atoms with Crippen LogP contribution >= 0.6 is 11.6 Å². The van der Waals surface area contributed by atoms with E-state index in [1.165, 1.54) is 12.1 Å². The van der Waals surface area contributed by atoms with Crippen molar-refractivity contribution in [2.45, 2.75) is 12.5 Å². The molecule has 0 bridgehead atoms. The van der Waals surface area contributed by atoms with Gasteiger partial charge in [-0.1, -0.05) is 17.7 Å².